The summed E-state index contributed by atoms with van der Waals surface area (Å²) in [7, 11) is 0. The Balaban J connectivity index is 0.000000460. The van der Waals surface area contributed by atoms with E-state index in [2.05, 4.69) is 21.9 Å². The highest BCUT2D eigenvalue weighted by Crippen LogP contribution is 2.16. The number of nitrogen functional groups attached to an aromatic ring is 1. The summed E-state index contributed by atoms with van der Waals surface area (Å²) < 4.78 is 11.9. The van der Waals surface area contributed by atoms with Crippen molar-refractivity contribution >= 4 is 29.1 Å². The third-order valence-corrected chi connectivity index (χ3v) is 8.21. The smallest absolute Gasteiger partial charge is 0.302 e. The first-order valence-electron chi connectivity index (χ1n) is 18.2. The molecule has 2 aromatic heterocycles. The molecule has 2 rings (SSSR count). The van der Waals surface area contributed by atoms with Crippen molar-refractivity contribution in [3.8, 4) is 0 Å². The van der Waals surface area contributed by atoms with Gasteiger partial charge in [0.15, 0.2) is 5.65 Å². The predicted molar refractivity (Wildman–Crippen MR) is 186 cm³/mol. The van der Waals surface area contributed by atoms with Gasteiger partial charge in [0.25, 0.3) is 0 Å². The average molecular weight is 648 g/mol. The maximum atomic E-state index is 11.0. The highest BCUT2D eigenvalue weighted by molar-refractivity contribution is 5.70. The molecule has 2 aromatic rings. The highest BCUT2D eigenvalue weighted by Gasteiger charge is 2.14. The topological polar surface area (TPSA) is 142 Å². The molecule has 0 spiro atoms. The maximum absolute atomic E-state index is 11.0. The van der Waals surface area contributed by atoms with Crippen LogP contribution >= 0.6 is 0 Å². The van der Waals surface area contributed by atoms with Crippen LogP contribution < -0.4 is 5.73 Å². The molecule has 0 bridgehead atoms. The molecule has 46 heavy (non-hydrogen) atoms. The lowest BCUT2D eigenvalue weighted by Gasteiger charge is -2.16. The van der Waals surface area contributed by atoms with E-state index in [1.807, 2.05) is 4.57 Å². The molecule has 0 unspecified atom stereocenters. The van der Waals surface area contributed by atoms with E-state index in [4.69, 9.17) is 20.3 Å². The Morgan fingerprint density at radius 1 is 0.739 bits per heavy atom. The quantitative estimate of drug-likeness (QED) is 0.0722. The number of carbonyl (C=O) groups excluding carboxylic acids is 2. The van der Waals surface area contributed by atoms with Gasteiger partial charge in [0.2, 0.25) is 5.95 Å². The van der Waals surface area contributed by atoms with Gasteiger partial charge in [-0.2, -0.15) is 4.98 Å². The van der Waals surface area contributed by atoms with Crippen molar-refractivity contribution in [1.82, 2.24) is 19.5 Å². The Bertz CT molecular complexity index is 993. The minimum absolute atomic E-state index is 0.112. The van der Waals surface area contributed by atoms with Gasteiger partial charge >= 0.3 is 11.9 Å². The molecule has 0 atom stereocenters. The van der Waals surface area contributed by atoms with Crippen LogP contribution in [0, 0.1) is 5.92 Å². The predicted octanol–water partition coefficient (Wildman–Crippen LogP) is 8.34. The van der Waals surface area contributed by atoms with E-state index in [1.165, 1.54) is 136 Å². The summed E-state index contributed by atoms with van der Waals surface area (Å²) in [5.41, 5.74) is 6.88. The van der Waals surface area contributed by atoms with Crippen molar-refractivity contribution in [2.45, 2.75) is 162 Å². The van der Waals surface area contributed by atoms with E-state index in [-0.39, 0.29) is 37.0 Å². The molecule has 0 saturated heterocycles. The van der Waals surface area contributed by atoms with Crippen molar-refractivity contribution in [2.75, 3.05) is 25.6 Å². The minimum Gasteiger partial charge on any atom is -0.465 e. The van der Waals surface area contributed by atoms with E-state index < -0.39 is 0 Å². The minimum atomic E-state index is -0.369. The summed E-state index contributed by atoms with van der Waals surface area (Å²) in [6.45, 7) is 6.29. The molecule has 0 aliphatic rings. The number of aliphatic hydroxyl groups is 1. The summed E-state index contributed by atoms with van der Waals surface area (Å²) in [4.78, 5) is 34.2. The lowest BCUT2D eigenvalue weighted by molar-refractivity contribution is -0.146. The second kappa shape index (κ2) is 28.5. The number of hydrogen-bond acceptors (Lipinski definition) is 9. The lowest BCUT2D eigenvalue weighted by atomic mass is 10.0. The fourth-order valence-electron chi connectivity index (χ4n) is 5.41. The number of aryl methyl sites for hydroxylation is 1. The van der Waals surface area contributed by atoms with Gasteiger partial charge in [0, 0.05) is 32.9 Å². The number of aromatic nitrogens is 4. The number of nitrogens with zero attached hydrogens (tertiary/aromatic N) is 4. The van der Waals surface area contributed by atoms with Crippen LogP contribution in [0.1, 0.15) is 156 Å². The molecule has 2 heterocycles. The van der Waals surface area contributed by atoms with Crippen LogP contribution in [-0.2, 0) is 25.6 Å². The zero-order valence-electron chi connectivity index (χ0n) is 29.4. The summed E-state index contributed by atoms with van der Waals surface area (Å²) in [6, 6.07) is 0. The normalized spacial score (nSPS) is 11.1. The van der Waals surface area contributed by atoms with E-state index in [1.54, 1.807) is 12.5 Å². The molecular weight excluding hydrogens is 582 g/mol. The van der Waals surface area contributed by atoms with Crippen LogP contribution in [0.15, 0.2) is 12.5 Å². The fourth-order valence-corrected chi connectivity index (χ4v) is 5.41. The standard InChI is InChI=1S/C22H46O.C14H19N5O4/c1-2-3-4-5-6-7-8-9-10-11-12-13-14-15-16-17-18-19-20-21-22-23;1-9(20)22-6-11(7-23-10(2)21)3-4-19-8-17-12-5-16-14(15)18-13(12)19/h23H,2-22H2,1H3;5,8,11H,3-4,6-7H2,1-2H3,(H2,15,16,18). The van der Waals surface area contributed by atoms with Gasteiger partial charge < -0.3 is 24.9 Å². The SMILES string of the molecule is CC(=O)OCC(CCn1cnc2cnc(N)nc21)COC(C)=O.CCCCCCCCCCCCCCCCCCCCCCO. The van der Waals surface area contributed by atoms with E-state index >= 15 is 0 Å². The molecule has 0 radical (unpaired) electrons. The molecule has 0 aliphatic carbocycles. The molecule has 0 amide bonds. The van der Waals surface area contributed by atoms with Gasteiger partial charge in [-0.1, -0.05) is 129 Å². The third kappa shape index (κ3) is 22.7. The monoisotopic (exact) mass is 647 g/mol. The first-order chi connectivity index (χ1) is 22.4. The molecule has 10 heteroatoms. The Morgan fingerprint density at radius 2 is 1.17 bits per heavy atom. The van der Waals surface area contributed by atoms with Crippen molar-refractivity contribution in [3.05, 3.63) is 12.5 Å². The number of nitrogens with two attached hydrogens (primary N) is 1. The average Bonchev–Trinajstić information content (AvgIpc) is 3.43. The van der Waals surface area contributed by atoms with Crippen LogP contribution in [-0.4, -0.2) is 56.4 Å². The Kier molecular flexibility index (Phi) is 25.5. The Morgan fingerprint density at radius 3 is 1.59 bits per heavy atom. The van der Waals surface area contributed by atoms with E-state index in [0.717, 1.165) is 6.42 Å². The number of hydrogen-bond donors (Lipinski definition) is 2. The lowest BCUT2D eigenvalue weighted by Crippen LogP contribution is -2.21. The number of carbonyl (C=O) groups is 2. The van der Waals surface area contributed by atoms with Crippen LogP contribution in [0.4, 0.5) is 5.95 Å². The number of aliphatic hydroxyl groups excluding tert-OH is 1. The second-order valence-electron chi connectivity index (χ2n) is 12.6. The second-order valence-corrected chi connectivity index (χ2v) is 12.6. The van der Waals surface area contributed by atoms with Crippen LogP contribution in [0.2, 0.25) is 0 Å². The van der Waals surface area contributed by atoms with Gasteiger partial charge in [0.1, 0.15) is 5.52 Å². The van der Waals surface area contributed by atoms with Gasteiger partial charge in [-0.15, -0.1) is 0 Å². The number of imidazole rings is 1. The third-order valence-electron chi connectivity index (χ3n) is 8.21. The largest absolute Gasteiger partial charge is 0.465 e. The molecule has 0 aliphatic heterocycles. The first-order valence-corrected chi connectivity index (χ1v) is 18.2. The molecule has 0 saturated carbocycles. The number of fused-ring (bicyclic) bond motifs is 1. The first kappa shape index (κ1) is 41.3. The van der Waals surface area contributed by atoms with Gasteiger partial charge in [0.05, 0.1) is 25.7 Å². The van der Waals surface area contributed by atoms with Crippen molar-refractivity contribution in [2.24, 2.45) is 5.92 Å². The number of anilines is 1. The molecule has 0 fully saturated rings. The Labute approximate surface area is 278 Å². The summed E-state index contributed by atoms with van der Waals surface area (Å²) in [5.74, 6) is -0.673. The van der Waals surface area contributed by atoms with Gasteiger partial charge in [-0.05, 0) is 12.8 Å². The van der Waals surface area contributed by atoms with Crippen molar-refractivity contribution in [1.29, 1.82) is 0 Å². The van der Waals surface area contributed by atoms with Gasteiger partial charge in [-0.3, -0.25) is 9.59 Å². The maximum Gasteiger partial charge on any atom is 0.302 e. The van der Waals surface area contributed by atoms with Crippen molar-refractivity contribution < 1.29 is 24.2 Å². The zero-order valence-corrected chi connectivity index (χ0v) is 29.4. The van der Waals surface area contributed by atoms with Crippen LogP contribution in [0.5, 0.6) is 0 Å². The fraction of sp³-hybridized carbons (Fsp3) is 0.806. The molecular formula is C36H65N5O5. The van der Waals surface area contributed by atoms with E-state index in [9.17, 15) is 9.59 Å². The zero-order chi connectivity index (χ0) is 33.7. The van der Waals surface area contributed by atoms with Crippen LogP contribution in [0.3, 0.4) is 0 Å². The highest BCUT2D eigenvalue weighted by atomic mass is 16.5. The van der Waals surface area contributed by atoms with Crippen LogP contribution in [0.25, 0.3) is 11.2 Å². The summed E-state index contributed by atoms with van der Waals surface area (Å²) in [5, 5.41) is 8.71. The van der Waals surface area contributed by atoms with E-state index in [0.29, 0.717) is 30.7 Å². The molecule has 10 nitrogen and oxygen atoms in total. The number of unbranched alkanes of at least 4 members (excludes halogenated alkanes) is 19. The number of esters is 2. The molecule has 0 aromatic carbocycles. The number of rotatable bonds is 27. The molecule has 264 valence electrons. The summed E-state index contributed by atoms with van der Waals surface area (Å²) in [6.07, 6.45) is 31.9. The Hall–Kier alpha value is -2.75. The molecule has 3 N–H and O–H groups in total. The van der Waals surface area contributed by atoms with Crippen molar-refractivity contribution in [3.63, 3.8) is 0 Å². The van der Waals surface area contributed by atoms with Gasteiger partial charge in [-0.25, -0.2) is 9.97 Å². The summed E-state index contributed by atoms with van der Waals surface area (Å²) >= 11 is 0. The number of ether oxygens (including phenoxy) is 2.